The number of nitrogens with one attached hydrogen (secondary N) is 2. The molecule has 7 heteroatoms. The molecule has 0 amide bonds. The highest BCUT2D eigenvalue weighted by Crippen LogP contribution is 2.29. The number of rotatable bonds is 2. The van der Waals surface area contributed by atoms with Crippen molar-refractivity contribution in [2.24, 2.45) is 0 Å². The number of hydrogen-bond acceptors (Lipinski definition) is 4. The Morgan fingerprint density at radius 3 is 2.95 bits per heavy atom. The molecule has 2 heterocycles. The van der Waals surface area contributed by atoms with Crippen molar-refractivity contribution in [2.75, 3.05) is 24.5 Å². The second-order valence-electron chi connectivity index (χ2n) is 4.91. The minimum atomic E-state index is 0.463. The van der Waals surface area contributed by atoms with E-state index in [0.29, 0.717) is 6.04 Å². The van der Waals surface area contributed by atoms with Crippen LogP contribution in [-0.4, -0.2) is 40.9 Å². The third-order valence-corrected chi connectivity index (χ3v) is 4.46. The zero-order valence-electron chi connectivity index (χ0n) is 11.0. The highest BCUT2D eigenvalue weighted by Gasteiger charge is 2.20. The summed E-state index contributed by atoms with van der Waals surface area (Å²) in [4.78, 5) is 6.82. The van der Waals surface area contributed by atoms with Crippen molar-refractivity contribution in [1.29, 1.82) is 0 Å². The maximum Gasteiger partial charge on any atom is 0.245 e. The van der Waals surface area contributed by atoms with Crippen LogP contribution in [0.15, 0.2) is 27.1 Å². The SMILES string of the molecule is C[C@H]1CN(c2n[nH]c(-c3ccc(Br)cc3Br)n2)CCN1. The first-order chi connectivity index (χ1) is 9.63. The summed E-state index contributed by atoms with van der Waals surface area (Å²) in [6, 6.07) is 6.48. The van der Waals surface area contributed by atoms with Crippen LogP contribution in [0, 0.1) is 0 Å². The van der Waals surface area contributed by atoms with E-state index in [2.05, 4.69) is 64.2 Å². The molecule has 106 valence electrons. The average Bonchev–Trinajstić information content (AvgIpc) is 2.88. The molecule has 1 aliphatic rings. The lowest BCUT2D eigenvalue weighted by Gasteiger charge is -2.30. The summed E-state index contributed by atoms with van der Waals surface area (Å²) in [5.41, 5.74) is 1.01. The second kappa shape index (κ2) is 5.83. The summed E-state index contributed by atoms with van der Waals surface area (Å²) in [5.74, 6) is 1.55. The summed E-state index contributed by atoms with van der Waals surface area (Å²) >= 11 is 7.01. The van der Waals surface area contributed by atoms with E-state index in [0.717, 1.165) is 45.9 Å². The lowest BCUT2D eigenvalue weighted by molar-refractivity contribution is 0.480. The van der Waals surface area contributed by atoms with Gasteiger partial charge in [0, 0.05) is 40.2 Å². The van der Waals surface area contributed by atoms with Crippen LogP contribution in [0.2, 0.25) is 0 Å². The average molecular weight is 401 g/mol. The van der Waals surface area contributed by atoms with Gasteiger partial charge >= 0.3 is 0 Å². The van der Waals surface area contributed by atoms with Crippen LogP contribution in [-0.2, 0) is 0 Å². The zero-order valence-corrected chi connectivity index (χ0v) is 14.2. The number of anilines is 1. The predicted octanol–water partition coefficient (Wildman–Crippen LogP) is 2.79. The molecule has 2 N–H and O–H groups in total. The molecule has 0 unspecified atom stereocenters. The first kappa shape index (κ1) is 14.0. The van der Waals surface area contributed by atoms with E-state index in [9.17, 15) is 0 Å². The van der Waals surface area contributed by atoms with Gasteiger partial charge in [0.05, 0.1) is 0 Å². The van der Waals surface area contributed by atoms with Crippen LogP contribution in [0.1, 0.15) is 6.92 Å². The van der Waals surface area contributed by atoms with Gasteiger partial charge in [-0.1, -0.05) is 15.9 Å². The van der Waals surface area contributed by atoms with Gasteiger partial charge in [0.2, 0.25) is 5.95 Å². The summed E-state index contributed by atoms with van der Waals surface area (Å²) in [6.45, 7) is 5.00. The molecule has 0 radical (unpaired) electrons. The Kier molecular flexibility index (Phi) is 4.09. The van der Waals surface area contributed by atoms with Gasteiger partial charge in [-0.15, -0.1) is 5.10 Å². The molecule has 0 saturated carbocycles. The summed E-state index contributed by atoms with van der Waals surface area (Å²) in [5, 5.41) is 10.8. The van der Waals surface area contributed by atoms with Crippen LogP contribution in [0.5, 0.6) is 0 Å². The standard InChI is InChI=1S/C13H15Br2N5/c1-8-7-20(5-4-16-8)13-17-12(18-19-13)10-3-2-9(14)6-11(10)15/h2-3,6,8,16H,4-5,7H2,1H3,(H,17,18,19)/t8-/m0/s1. The maximum atomic E-state index is 4.62. The summed E-state index contributed by atoms with van der Waals surface area (Å²) < 4.78 is 2.02. The molecule has 1 aromatic heterocycles. The van der Waals surface area contributed by atoms with Crippen molar-refractivity contribution >= 4 is 37.8 Å². The third-order valence-electron chi connectivity index (χ3n) is 3.31. The van der Waals surface area contributed by atoms with Crippen molar-refractivity contribution < 1.29 is 0 Å². The number of benzene rings is 1. The van der Waals surface area contributed by atoms with Crippen molar-refractivity contribution in [3.05, 3.63) is 27.1 Å². The topological polar surface area (TPSA) is 56.8 Å². The van der Waals surface area contributed by atoms with E-state index >= 15 is 0 Å². The number of nitrogens with zero attached hydrogens (tertiary/aromatic N) is 3. The fourth-order valence-corrected chi connectivity index (χ4v) is 3.55. The van der Waals surface area contributed by atoms with E-state index in [1.54, 1.807) is 0 Å². The molecular formula is C13H15Br2N5. The van der Waals surface area contributed by atoms with Gasteiger partial charge in [0.15, 0.2) is 5.82 Å². The van der Waals surface area contributed by atoms with Crippen LogP contribution < -0.4 is 10.2 Å². The van der Waals surface area contributed by atoms with Crippen molar-refractivity contribution in [3.8, 4) is 11.4 Å². The Hall–Kier alpha value is -0.920. The Morgan fingerprint density at radius 2 is 2.20 bits per heavy atom. The van der Waals surface area contributed by atoms with E-state index < -0.39 is 0 Å². The lowest BCUT2D eigenvalue weighted by atomic mass is 10.2. The molecule has 3 rings (SSSR count). The number of hydrogen-bond donors (Lipinski definition) is 2. The molecule has 20 heavy (non-hydrogen) atoms. The van der Waals surface area contributed by atoms with Crippen LogP contribution in [0.25, 0.3) is 11.4 Å². The first-order valence-electron chi connectivity index (χ1n) is 6.49. The highest BCUT2D eigenvalue weighted by molar-refractivity contribution is 9.11. The van der Waals surface area contributed by atoms with Crippen molar-refractivity contribution in [3.63, 3.8) is 0 Å². The Labute approximate surface area is 134 Å². The van der Waals surface area contributed by atoms with Crippen LogP contribution in [0.4, 0.5) is 5.95 Å². The van der Waals surface area contributed by atoms with Gasteiger partial charge in [-0.2, -0.15) is 4.98 Å². The largest absolute Gasteiger partial charge is 0.337 e. The van der Waals surface area contributed by atoms with Crippen LogP contribution >= 0.6 is 31.9 Å². The Bertz CT molecular complexity index is 613. The maximum absolute atomic E-state index is 4.62. The number of H-pyrrole nitrogens is 1. The molecule has 1 atom stereocenters. The van der Waals surface area contributed by atoms with Gasteiger partial charge in [-0.25, -0.2) is 0 Å². The quantitative estimate of drug-likeness (QED) is 0.813. The summed E-state index contributed by atoms with van der Waals surface area (Å²) in [6.07, 6.45) is 0. The normalized spacial score (nSPS) is 19.4. The van der Waals surface area contributed by atoms with E-state index in [-0.39, 0.29) is 0 Å². The molecule has 1 saturated heterocycles. The number of halogens is 2. The third kappa shape index (κ3) is 2.89. The fourth-order valence-electron chi connectivity index (χ4n) is 2.31. The van der Waals surface area contributed by atoms with Gasteiger partial charge in [-0.3, -0.25) is 5.10 Å². The molecule has 5 nitrogen and oxygen atoms in total. The second-order valence-corrected chi connectivity index (χ2v) is 6.68. The van der Waals surface area contributed by atoms with E-state index in [4.69, 9.17) is 0 Å². The monoisotopic (exact) mass is 399 g/mol. The Morgan fingerprint density at radius 1 is 1.35 bits per heavy atom. The van der Waals surface area contributed by atoms with Crippen molar-refractivity contribution in [1.82, 2.24) is 20.5 Å². The molecule has 0 spiro atoms. The first-order valence-corrected chi connectivity index (χ1v) is 8.08. The van der Waals surface area contributed by atoms with Gasteiger partial charge in [0.1, 0.15) is 0 Å². The molecule has 1 fully saturated rings. The minimum absolute atomic E-state index is 0.463. The molecule has 0 aliphatic carbocycles. The molecule has 1 aromatic carbocycles. The number of piperazine rings is 1. The molecule has 2 aromatic rings. The van der Waals surface area contributed by atoms with Gasteiger partial charge in [0.25, 0.3) is 0 Å². The van der Waals surface area contributed by atoms with E-state index in [1.807, 2.05) is 18.2 Å². The number of aromatic nitrogens is 3. The van der Waals surface area contributed by atoms with Crippen molar-refractivity contribution in [2.45, 2.75) is 13.0 Å². The van der Waals surface area contributed by atoms with Crippen LogP contribution in [0.3, 0.4) is 0 Å². The molecular weight excluding hydrogens is 386 g/mol. The Balaban J connectivity index is 1.86. The smallest absolute Gasteiger partial charge is 0.245 e. The van der Waals surface area contributed by atoms with Gasteiger partial charge in [-0.05, 0) is 41.1 Å². The molecule has 0 bridgehead atoms. The summed E-state index contributed by atoms with van der Waals surface area (Å²) in [7, 11) is 0. The number of aromatic amines is 1. The predicted molar refractivity (Wildman–Crippen MR) is 86.9 cm³/mol. The van der Waals surface area contributed by atoms with Gasteiger partial charge < -0.3 is 10.2 Å². The lowest BCUT2D eigenvalue weighted by Crippen LogP contribution is -2.49. The fraction of sp³-hybridized carbons (Fsp3) is 0.385. The minimum Gasteiger partial charge on any atom is -0.337 e. The van der Waals surface area contributed by atoms with E-state index in [1.165, 1.54) is 0 Å². The zero-order chi connectivity index (χ0) is 14.1. The molecule has 1 aliphatic heterocycles. The highest BCUT2D eigenvalue weighted by atomic mass is 79.9.